The van der Waals surface area contributed by atoms with Crippen molar-refractivity contribution in [2.75, 3.05) is 60.0 Å². The molecule has 3 saturated carbocycles. The van der Waals surface area contributed by atoms with Crippen LogP contribution in [0.3, 0.4) is 0 Å². The topological polar surface area (TPSA) is 157 Å². The molecule has 0 radical (unpaired) electrons. The summed E-state index contributed by atoms with van der Waals surface area (Å²) in [5.41, 5.74) is 5.47. The van der Waals surface area contributed by atoms with Crippen LogP contribution in [0.15, 0.2) is 16.1 Å². The number of allylic oxidation sites excluding steroid dienone is 1. The van der Waals surface area contributed by atoms with E-state index in [0.717, 1.165) is 70.3 Å². The summed E-state index contributed by atoms with van der Waals surface area (Å²) in [5, 5.41) is 41.4. The van der Waals surface area contributed by atoms with Crippen molar-refractivity contribution in [3.8, 4) is 0 Å². The van der Waals surface area contributed by atoms with E-state index in [2.05, 4.69) is 10.6 Å². The minimum absolute atomic E-state index is 0.0780. The van der Waals surface area contributed by atoms with E-state index in [1.807, 2.05) is 7.05 Å². The Bertz CT molecular complexity index is 989. The number of ether oxygens (including phenoxy) is 1. The Labute approximate surface area is 232 Å². The number of carbonyl (C=O) groups is 1. The van der Waals surface area contributed by atoms with Crippen LogP contribution in [0.4, 0.5) is 0 Å². The monoisotopic (exact) mass is 547 g/mol. The van der Waals surface area contributed by atoms with Gasteiger partial charge >= 0.3 is 0 Å². The van der Waals surface area contributed by atoms with Gasteiger partial charge in [-0.15, -0.1) is 0 Å². The zero-order valence-corrected chi connectivity index (χ0v) is 23.8. The lowest BCUT2D eigenvalue weighted by atomic mass is 9.44. The number of likely N-dealkylation sites (N-methyl/N-ethyl adjacent to an activating group) is 1. The van der Waals surface area contributed by atoms with Crippen LogP contribution < -0.4 is 26.4 Å². The van der Waals surface area contributed by atoms with Gasteiger partial charge in [-0.1, -0.05) is 18.4 Å². The van der Waals surface area contributed by atoms with Gasteiger partial charge in [-0.05, 0) is 69.9 Å². The number of quaternary nitrogens is 1. The largest absolute Gasteiger partial charge is 0.545 e. The highest BCUT2D eigenvalue weighted by atomic mass is 16.5. The Balaban J connectivity index is 1.67. The van der Waals surface area contributed by atoms with Gasteiger partial charge in [-0.3, -0.25) is 4.90 Å². The van der Waals surface area contributed by atoms with Gasteiger partial charge < -0.3 is 41.2 Å². The second-order valence-corrected chi connectivity index (χ2v) is 12.8. The summed E-state index contributed by atoms with van der Waals surface area (Å²) >= 11 is 0. The number of guanidine groups is 1. The molecule has 0 amide bonds. The lowest BCUT2D eigenvalue weighted by Crippen LogP contribution is -3.19. The second kappa shape index (κ2) is 11.4. The fourth-order valence-electron chi connectivity index (χ4n) is 10.1. The highest BCUT2D eigenvalue weighted by molar-refractivity contribution is 5.90. The molecule has 8 unspecified atom stereocenters. The molecule has 0 aromatic carbocycles. The summed E-state index contributed by atoms with van der Waals surface area (Å²) in [6.45, 7) is 4.39. The van der Waals surface area contributed by atoms with Crippen molar-refractivity contribution in [1.82, 2.24) is 10.6 Å². The number of methoxy groups -OCH3 is 1. The van der Waals surface area contributed by atoms with Crippen LogP contribution in [-0.2, 0) is 9.53 Å². The SMILES string of the molecule is CNCCN=C(N)[NH+]1CCC(CNCCO)C2(C1)C1CCC3CCCCC(OC)C4(O)CC32C(=C4C(=O)[O-])C1. The highest BCUT2D eigenvalue weighted by Gasteiger charge is 2.77. The van der Waals surface area contributed by atoms with Gasteiger partial charge in [-0.25, -0.2) is 4.99 Å². The Morgan fingerprint density at radius 1 is 1.21 bits per heavy atom. The maximum atomic E-state index is 12.9. The smallest absolute Gasteiger partial charge is 0.293 e. The van der Waals surface area contributed by atoms with Crippen LogP contribution in [-0.4, -0.2) is 93.9 Å². The predicted molar refractivity (Wildman–Crippen MR) is 146 cm³/mol. The van der Waals surface area contributed by atoms with E-state index < -0.39 is 23.1 Å². The number of aliphatic carboxylic acids is 1. The minimum atomic E-state index is -1.56. The number of hydrogen-bond acceptors (Lipinski definition) is 8. The number of rotatable bonds is 9. The van der Waals surface area contributed by atoms with Crippen LogP contribution in [0.25, 0.3) is 0 Å². The number of likely N-dealkylation sites (tertiary alicyclic amines) is 1. The van der Waals surface area contributed by atoms with Gasteiger partial charge in [0.1, 0.15) is 5.60 Å². The second-order valence-electron chi connectivity index (χ2n) is 12.8. The quantitative estimate of drug-likeness (QED) is 0.112. The van der Waals surface area contributed by atoms with Crippen molar-refractivity contribution in [1.29, 1.82) is 0 Å². The number of piperidine rings is 1. The number of nitrogens with one attached hydrogen (secondary N) is 3. The first-order valence-corrected chi connectivity index (χ1v) is 15.1. The first-order valence-electron chi connectivity index (χ1n) is 15.1. The number of carboxylic acids is 1. The van der Waals surface area contributed by atoms with Crippen LogP contribution in [0.5, 0.6) is 0 Å². The molecule has 1 aliphatic heterocycles. The van der Waals surface area contributed by atoms with Gasteiger partial charge in [0.05, 0.1) is 38.3 Å². The maximum Gasteiger partial charge on any atom is 0.293 e. The third kappa shape index (κ3) is 4.37. The van der Waals surface area contributed by atoms with Crippen LogP contribution in [0, 0.1) is 28.6 Å². The summed E-state index contributed by atoms with van der Waals surface area (Å²) in [7, 11) is 3.50. The molecule has 4 aliphatic carbocycles. The average Bonchev–Trinajstić information content (AvgIpc) is 3.27. The number of carboxylic acid groups (broad SMARTS) is 1. The molecule has 5 aliphatic rings. The fourth-order valence-corrected chi connectivity index (χ4v) is 10.1. The summed E-state index contributed by atoms with van der Waals surface area (Å²) in [4.78, 5) is 18.8. The molecular formula is C29H49N5O5. The molecule has 10 heteroatoms. The number of carbonyl (C=O) groups excluding carboxylic acids is 1. The summed E-state index contributed by atoms with van der Waals surface area (Å²) in [6.07, 6.45) is 7.19. The Morgan fingerprint density at radius 2 is 1.97 bits per heavy atom. The van der Waals surface area contributed by atoms with Crippen LogP contribution >= 0.6 is 0 Å². The zero-order valence-electron chi connectivity index (χ0n) is 23.8. The lowest BCUT2D eigenvalue weighted by Gasteiger charge is -2.61. The predicted octanol–water partition coefficient (Wildman–Crippen LogP) is -1.82. The van der Waals surface area contributed by atoms with Crippen molar-refractivity contribution in [2.45, 2.75) is 69.5 Å². The third-order valence-corrected chi connectivity index (χ3v) is 11.4. The van der Waals surface area contributed by atoms with Crippen molar-refractivity contribution in [3.63, 3.8) is 0 Å². The molecule has 39 heavy (non-hydrogen) atoms. The van der Waals surface area contributed by atoms with Gasteiger partial charge in [0.15, 0.2) is 0 Å². The van der Waals surface area contributed by atoms with E-state index >= 15 is 0 Å². The standard InChI is InChI=1S/C29H49N5O5/c1-31-10-11-33-26(30)34-13-9-21(16-32-12-14-35)28(18-34)20-8-7-19-5-3-4-6-23(39-2)29(38)17-27(19,28)22(15-20)24(29)25(36)37/h19-21,23,31-32,35,38H,3-18H2,1-2H3,(H2,30,33)(H,36,37). The summed E-state index contributed by atoms with van der Waals surface area (Å²) in [6, 6.07) is 0. The van der Waals surface area contributed by atoms with Crippen molar-refractivity contribution >= 4 is 11.9 Å². The Kier molecular flexibility index (Phi) is 8.44. The highest BCUT2D eigenvalue weighted by Crippen LogP contribution is 2.77. The van der Waals surface area contributed by atoms with E-state index in [1.54, 1.807) is 7.11 Å². The number of aliphatic hydroxyl groups is 2. The van der Waals surface area contributed by atoms with E-state index in [4.69, 9.17) is 15.5 Å². The molecule has 3 bridgehead atoms. The average molecular weight is 548 g/mol. The maximum absolute atomic E-state index is 12.9. The number of fused-ring (bicyclic) bond motifs is 1. The van der Waals surface area contributed by atoms with Crippen molar-refractivity contribution in [2.24, 2.45) is 39.3 Å². The Hall–Kier alpha value is -1.56. The molecule has 2 spiro atoms. The van der Waals surface area contributed by atoms with E-state index in [1.165, 1.54) is 4.90 Å². The summed E-state index contributed by atoms with van der Waals surface area (Å²) in [5.74, 6) is 0.271. The van der Waals surface area contributed by atoms with Gasteiger partial charge in [0.25, 0.3) is 5.96 Å². The number of nitrogens with two attached hydrogens (primary N) is 1. The first kappa shape index (κ1) is 29.0. The molecule has 0 aromatic heterocycles. The fraction of sp³-hybridized carbons (Fsp3) is 0.862. The van der Waals surface area contributed by atoms with E-state index in [0.29, 0.717) is 50.1 Å². The third-order valence-electron chi connectivity index (χ3n) is 11.4. The van der Waals surface area contributed by atoms with Crippen LogP contribution in [0.2, 0.25) is 0 Å². The number of nitrogens with zero attached hydrogens (tertiary/aromatic N) is 1. The molecule has 0 aromatic rings. The van der Waals surface area contributed by atoms with Gasteiger partial charge in [-0.2, -0.15) is 0 Å². The Morgan fingerprint density at radius 3 is 2.69 bits per heavy atom. The van der Waals surface area contributed by atoms with E-state index in [-0.39, 0.29) is 23.5 Å². The molecule has 1 heterocycles. The minimum Gasteiger partial charge on any atom is -0.545 e. The van der Waals surface area contributed by atoms with Crippen molar-refractivity contribution in [3.05, 3.63) is 11.1 Å². The lowest BCUT2D eigenvalue weighted by molar-refractivity contribution is -0.828. The normalized spacial score (nSPS) is 41.9. The van der Waals surface area contributed by atoms with Crippen LogP contribution in [0.1, 0.15) is 57.8 Å². The zero-order chi connectivity index (χ0) is 27.8. The molecule has 5 rings (SSSR count). The van der Waals surface area contributed by atoms with Gasteiger partial charge in [0, 0.05) is 43.0 Å². The first-order chi connectivity index (χ1) is 18.8. The van der Waals surface area contributed by atoms with Gasteiger partial charge in [0.2, 0.25) is 0 Å². The molecule has 8 atom stereocenters. The molecule has 10 nitrogen and oxygen atoms in total. The van der Waals surface area contributed by atoms with Crippen molar-refractivity contribution < 1.29 is 29.8 Å². The number of aliphatic imine (C=N–C) groups is 1. The molecule has 220 valence electrons. The molecule has 4 fully saturated rings. The molecular weight excluding hydrogens is 498 g/mol. The summed E-state index contributed by atoms with van der Waals surface area (Å²) < 4.78 is 5.87. The molecule has 1 saturated heterocycles. The number of hydrogen-bond donors (Lipinski definition) is 6. The van der Waals surface area contributed by atoms with E-state index in [9.17, 15) is 20.1 Å². The molecule has 7 N–H and O–H groups in total. The number of aliphatic hydroxyl groups excluding tert-OH is 1.